The van der Waals surface area contributed by atoms with E-state index in [9.17, 15) is 9.59 Å². The molecule has 2 aromatic carbocycles. The highest BCUT2D eigenvalue weighted by Crippen LogP contribution is 2.20. The van der Waals surface area contributed by atoms with Crippen LogP contribution in [0.3, 0.4) is 0 Å². The monoisotopic (exact) mass is 365 g/mol. The Morgan fingerprint density at radius 2 is 1.78 bits per heavy atom. The zero-order valence-corrected chi connectivity index (χ0v) is 15.7. The van der Waals surface area contributed by atoms with Crippen molar-refractivity contribution in [3.8, 4) is 6.07 Å². The van der Waals surface area contributed by atoms with Crippen molar-refractivity contribution in [2.45, 2.75) is 19.9 Å². The first-order valence-corrected chi connectivity index (χ1v) is 8.70. The number of carbonyl (C=O) groups excluding carboxylic acids is 2. The number of esters is 1. The molecule has 2 aromatic rings. The maximum Gasteiger partial charge on any atom is 0.337 e. The van der Waals surface area contributed by atoms with Crippen LogP contribution in [0.5, 0.6) is 0 Å². The highest BCUT2D eigenvalue weighted by Gasteiger charge is 2.17. The number of likely N-dealkylation sites (N-methyl/N-ethyl adjacent to an activating group) is 1. The molecule has 0 aliphatic carbocycles. The number of hydrogen-bond donors (Lipinski definition) is 1. The van der Waals surface area contributed by atoms with Crippen molar-refractivity contribution in [3.05, 3.63) is 65.2 Å². The average molecular weight is 365 g/mol. The van der Waals surface area contributed by atoms with Gasteiger partial charge in [0.05, 0.1) is 30.9 Å². The van der Waals surface area contributed by atoms with E-state index in [1.165, 1.54) is 7.11 Å². The number of ether oxygens (including phenoxy) is 1. The Bertz CT molecular complexity index is 823. The van der Waals surface area contributed by atoms with Gasteiger partial charge in [0.1, 0.15) is 0 Å². The van der Waals surface area contributed by atoms with Gasteiger partial charge in [-0.15, -0.1) is 0 Å². The minimum atomic E-state index is -0.415. The molecular formula is C21H23N3O3. The molecule has 1 amide bonds. The molecule has 0 unspecified atom stereocenters. The Hall–Kier alpha value is -3.17. The van der Waals surface area contributed by atoms with Crippen molar-refractivity contribution in [3.63, 3.8) is 0 Å². The Labute approximate surface area is 159 Å². The number of methoxy groups -OCH3 is 1. The zero-order valence-electron chi connectivity index (χ0n) is 15.7. The number of benzene rings is 2. The van der Waals surface area contributed by atoms with Gasteiger partial charge in [0, 0.05) is 11.7 Å². The minimum Gasteiger partial charge on any atom is -0.465 e. The largest absolute Gasteiger partial charge is 0.465 e. The number of hydrogen-bond acceptors (Lipinski definition) is 5. The van der Waals surface area contributed by atoms with Gasteiger partial charge in [0.25, 0.3) is 0 Å². The predicted molar refractivity (Wildman–Crippen MR) is 103 cm³/mol. The molecule has 6 nitrogen and oxygen atoms in total. The lowest BCUT2D eigenvalue weighted by Gasteiger charge is -2.27. The third-order valence-electron chi connectivity index (χ3n) is 4.41. The number of nitrogens with zero attached hydrogens (tertiary/aromatic N) is 2. The van der Waals surface area contributed by atoms with Crippen molar-refractivity contribution in [1.82, 2.24) is 4.90 Å². The number of amides is 1. The van der Waals surface area contributed by atoms with E-state index in [1.54, 1.807) is 36.4 Å². The summed E-state index contributed by atoms with van der Waals surface area (Å²) in [6, 6.07) is 16.1. The highest BCUT2D eigenvalue weighted by atomic mass is 16.5. The Morgan fingerprint density at radius 3 is 2.30 bits per heavy atom. The van der Waals surface area contributed by atoms with Crippen LogP contribution in [0, 0.1) is 11.3 Å². The van der Waals surface area contributed by atoms with Crippen LogP contribution in [0.2, 0.25) is 0 Å². The summed E-state index contributed by atoms with van der Waals surface area (Å²) in [7, 11) is 1.33. The van der Waals surface area contributed by atoms with Gasteiger partial charge in [-0.1, -0.05) is 19.1 Å². The smallest absolute Gasteiger partial charge is 0.337 e. The number of anilines is 1. The quantitative estimate of drug-likeness (QED) is 0.761. The van der Waals surface area contributed by atoms with Crippen molar-refractivity contribution >= 4 is 17.6 Å². The van der Waals surface area contributed by atoms with E-state index in [0.29, 0.717) is 23.4 Å². The van der Waals surface area contributed by atoms with E-state index in [2.05, 4.69) is 16.1 Å². The molecule has 0 fully saturated rings. The van der Waals surface area contributed by atoms with E-state index in [0.717, 1.165) is 5.56 Å². The van der Waals surface area contributed by atoms with E-state index >= 15 is 0 Å². The zero-order chi connectivity index (χ0) is 19.8. The van der Waals surface area contributed by atoms with Crippen LogP contribution >= 0.6 is 0 Å². The molecule has 0 aliphatic rings. The second kappa shape index (κ2) is 9.51. The van der Waals surface area contributed by atoms with Crippen LogP contribution in [0.15, 0.2) is 48.5 Å². The first kappa shape index (κ1) is 20.1. The molecule has 0 saturated heterocycles. The standard InChI is InChI=1S/C21H23N3O3/c1-4-24(15(2)17-7-5-16(13-22)6-8-17)14-20(25)23-19-11-9-18(10-12-19)21(26)27-3/h5-12,15H,4,14H2,1-3H3,(H,23,25)/t15-/m0/s1. The van der Waals surface area contributed by atoms with Crippen molar-refractivity contribution in [2.24, 2.45) is 0 Å². The second-order valence-corrected chi connectivity index (χ2v) is 6.09. The van der Waals surface area contributed by atoms with Gasteiger partial charge in [0.2, 0.25) is 5.91 Å². The first-order valence-electron chi connectivity index (χ1n) is 8.70. The summed E-state index contributed by atoms with van der Waals surface area (Å²) < 4.78 is 4.66. The van der Waals surface area contributed by atoms with E-state index < -0.39 is 5.97 Å². The van der Waals surface area contributed by atoms with Crippen molar-refractivity contribution < 1.29 is 14.3 Å². The average Bonchev–Trinajstić information content (AvgIpc) is 2.71. The van der Waals surface area contributed by atoms with Gasteiger partial charge in [-0.25, -0.2) is 4.79 Å². The molecule has 1 N–H and O–H groups in total. The maximum absolute atomic E-state index is 12.4. The lowest BCUT2D eigenvalue weighted by Crippen LogP contribution is -2.35. The van der Waals surface area contributed by atoms with Gasteiger partial charge in [-0.05, 0) is 55.4 Å². The summed E-state index contributed by atoms with van der Waals surface area (Å²) >= 11 is 0. The van der Waals surface area contributed by atoms with Crippen LogP contribution in [0.25, 0.3) is 0 Å². The van der Waals surface area contributed by atoms with Crippen LogP contribution in [-0.2, 0) is 9.53 Å². The summed E-state index contributed by atoms with van der Waals surface area (Å²) in [5.74, 6) is -0.551. The summed E-state index contributed by atoms with van der Waals surface area (Å²) in [6.45, 7) is 4.97. The molecule has 0 spiro atoms. The van der Waals surface area contributed by atoms with Crippen LogP contribution in [0.1, 0.15) is 41.4 Å². The molecule has 0 aliphatic heterocycles. The van der Waals surface area contributed by atoms with Crippen LogP contribution in [-0.4, -0.2) is 37.0 Å². The number of nitriles is 1. The number of carbonyl (C=O) groups is 2. The molecule has 0 bridgehead atoms. The van der Waals surface area contributed by atoms with Crippen molar-refractivity contribution in [1.29, 1.82) is 5.26 Å². The molecular weight excluding hydrogens is 342 g/mol. The molecule has 1 atom stereocenters. The lowest BCUT2D eigenvalue weighted by atomic mass is 10.0. The molecule has 0 radical (unpaired) electrons. The van der Waals surface area contributed by atoms with E-state index in [1.807, 2.05) is 30.9 Å². The highest BCUT2D eigenvalue weighted by molar-refractivity contribution is 5.94. The third-order valence-corrected chi connectivity index (χ3v) is 4.41. The molecule has 140 valence electrons. The maximum atomic E-state index is 12.4. The summed E-state index contributed by atoms with van der Waals surface area (Å²) in [5.41, 5.74) is 2.71. The van der Waals surface area contributed by atoms with Crippen molar-refractivity contribution in [2.75, 3.05) is 25.5 Å². The normalized spacial score (nSPS) is 11.5. The third kappa shape index (κ3) is 5.40. The summed E-state index contributed by atoms with van der Waals surface area (Å²) in [5, 5.41) is 11.7. The van der Waals surface area contributed by atoms with Crippen LogP contribution in [0.4, 0.5) is 5.69 Å². The number of nitrogens with one attached hydrogen (secondary N) is 1. The molecule has 0 saturated carbocycles. The summed E-state index contributed by atoms with van der Waals surface area (Å²) in [6.07, 6.45) is 0. The second-order valence-electron chi connectivity index (χ2n) is 6.09. The SMILES string of the molecule is CCN(CC(=O)Nc1ccc(C(=O)OC)cc1)[C@@H](C)c1ccc(C#N)cc1. The summed E-state index contributed by atoms with van der Waals surface area (Å²) in [4.78, 5) is 25.9. The van der Waals surface area contributed by atoms with E-state index in [-0.39, 0.29) is 18.5 Å². The lowest BCUT2D eigenvalue weighted by molar-refractivity contribution is -0.117. The fraction of sp³-hybridized carbons (Fsp3) is 0.286. The molecule has 2 rings (SSSR count). The minimum absolute atomic E-state index is 0.0372. The molecule has 0 heterocycles. The first-order chi connectivity index (χ1) is 13.0. The van der Waals surface area contributed by atoms with Crippen LogP contribution < -0.4 is 5.32 Å². The van der Waals surface area contributed by atoms with Gasteiger partial charge >= 0.3 is 5.97 Å². The Morgan fingerprint density at radius 1 is 1.15 bits per heavy atom. The number of rotatable bonds is 7. The Kier molecular flexibility index (Phi) is 7.09. The molecule has 6 heteroatoms. The van der Waals surface area contributed by atoms with Gasteiger partial charge in [-0.3, -0.25) is 9.69 Å². The predicted octanol–water partition coefficient (Wildman–Crippen LogP) is 3.37. The van der Waals surface area contributed by atoms with Gasteiger partial charge < -0.3 is 10.1 Å². The molecule has 0 aromatic heterocycles. The van der Waals surface area contributed by atoms with Gasteiger partial charge in [0.15, 0.2) is 0 Å². The fourth-order valence-electron chi connectivity index (χ4n) is 2.76. The van der Waals surface area contributed by atoms with Gasteiger partial charge in [-0.2, -0.15) is 5.26 Å². The fourth-order valence-corrected chi connectivity index (χ4v) is 2.76. The topological polar surface area (TPSA) is 82.4 Å². The Balaban J connectivity index is 1.99. The van der Waals surface area contributed by atoms with E-state index in [4.69, 9.17) is 5.26 Å². The molecule has 27 heavy (non-hydrogen) atoms.